The van der Waals surface area contributed by atoms with Crippen molar-refractivity contribution in [3.63, 3.8) is 0 Å². The van der Waals surface area contributed by atoms with Gasteiger partial charge in [-0.3, -0.25) is 9.10 Å². The maximum atomic E-state index is 12.5. The van der Waals surface area contributed by atoms with Gasteiger partial charge in [-0.05, 0) is 36.8 Å². The van der Waals surface area contributed by atoms with E-state index >= 15 is 0 Å². The van der Waals surface area contributed by atoms with Crippen LogP contribution in [0.3, 0.4) is 0 Å². The monoisotopic (exact) mass is 357 g/mol. The van der Waals surface area contributed by atoms with Crippen LogP contribution in [-0.2, 0) is 21.2 Å². The minimum Gasteiger partial charge on any atom is -0.324 e. The van der Waals surface area contributed by atoms with Crippen LogP contribution in [0.4, 0.5) is 11.4 Å². The Balaban J connectivity index is 2.20. The van der Waals surface area contributed by atoms with E-state index in [0.717, 1.165) is 16.1 Å². The third-order valence-corrected chi connectivity index (χ3v) is 4.85. The minimum atomic E-state index is -3.63. The van der Waals surface area contributed by atoms with Gasteiger partial charge in [0.25, 0.3) is 0 Å². The lowest BCUT2D eigenvalue weighted by Crippen LogP contribution is -2.45. The van der Waals surface area contributed by atoms with E-state index < -0.39 is 22.0 Å². The average molecular weight is 357 g/mol. The predicted molar refractivity (Wildman–Crippen MR) is 97.6 cm³/mol. The number of carbonyl (C=O) groups is 1. The lowest BCUT2D eigenvalue weighted by atomic mass is 10.1. The molecule has 6 nitrogen and oxygen atoms in total. The van der Waals surface area contributed by atoms with Gasteiger partial charge in [-0.15, -0.1) is 0 Å². The zero-order valence-electron chi connectivity index (χ0n) is 14.0. The summed E-state index contributed by atoms with van der Waals surface area (Å²) >= 11 is 0. The van der Waals surface area contributed by atoms with E-state index in [-0.39, 0.29) is 0 Å². The summed E-state index contributed by atoms with van der Waals surface area (Å²) in [6.07, 6.45) is 1.36. The van der Waals surface area contributed by atoms with Crippen LogP contribution in [0.25, 0.3) is 0 Å². The van der Waals surface area contributed by atoms with Crippen molar-refractivity contribution in [1.82, 2.24) is 0 Å². The highest BCUT2D eigenvalue weighted by atomic mass is 32.2. The molecule has 0 heterocycles. The SMILES string of the molecule is CC(C(=O)Nc1ccc(CC#N)cc1)N(c1ccccc1)S(C)(=O)=O. The van der Waals surface area contributed by atoms with Gasteiger partial charge >= 0.3 is 0 Å². The van der Waals surface area contributed by atoms with E-state index in [1.54, 1.807) is 54.6 Å². The van der Waals surface area contributed by atoms with E-state index in [4.69, 9.17) is 5.26 Å². The molecule has 0 spiro atoms. The molecule has 1 atom stereocenters. The van der Waals surface area contributed by atoms with Gasteiger partial charge in [0, 0.05) is 5.69 Å². The summed E-state index contributed by atoms with van der Waals surface area (Å²) in [4.78, 5) is 12.5. The molecule has 25 heavy (non-hydrogen) atoms. The fourth-order valence-corrected chi connectivity index (χ4v) is 3.60. The zero-order chi connectivity index (χ0) is 18.4. The number of amides is 1. The molecule has 2 rings (SSSR count). The van der Waals surface area contributed by atoms with Gasteiger partial charge in [0.2, 0.25) is 15.9 Å². The molecule has 1 unspecified atom stereocenters. The normalized spacial score (nSPS) is 12.0. The van der Waals surface area contributed by atoms with E-state index in [0.29, 0.717) is 17.8 Å². The number of rotatable bonds is 6. The standard InChI is InChI=1S/C18H19N3O3S/c1-14(21(25(2,23)24)17-6-4-3-5-7-17)18(22)20-16-10-8-15(9-11-16)12-13-19/h3-11,14H,12H2,1-2H3,(H,20,22). The molecular weight excluding hydrogens is 338 g/mol. The molecule has 130 valence electrons. The van der Waals surface area contributed by atoms with Crippen LogP contribution in [0.2, 0.25) is 0 Å². The number of benzene rings is 2. The fourth-order valence-electron chi connectivity index (χ4n) is 2.43. The fraction of sp³-hybridized carbons (Fsp3) is 0.222. The molecule has 0 saturated carbocycles. The highest BCUT2D eigenvalue weighted by Crippen LogP contribution is 2.21. The first-order valence-electron chi connectivity index (χ1n) is 7.64. The zero-order valence-corrected chi connectivity index (χ0v) is 14.8. The Labute approximate surface area is 147 Å². The molecule has 0 fully saturated rings. The second-order valence-electron chi connectivity index (χ2n) is 5.59. The molecule has 0 aromatic heterocycles. The van der Waals surface area contributed by atoms with Crippen LogP contribution < -0.4 is 9.62 Å². The molecule has 0 aliphatic heterocycles. The van der Waals surface area contributed by atoms with Crippen molar-refractivity contribution in [3.05, 3.63) is 60.2 Å². The van der Waals surface area contributed by atoms with Gasteiger partial charge in [0.05, 0.1) is 24.4 Å². The third kappa shape index (κ3) is 4.81. The second kappa shape index (κ2) is 7.81. The van der Waals surface area contributed by atoms with Crippen molar-refractivity contribution in [1.29, 1.82) is 5.26 Å². The van der Waals surface area contributed by atoms with Crippen molar-refractivity contribution in [2.45, 2.75) is 19.4 Å². The molecule has 0 bridgehead atoms. The molecule has 2 aromatic carbocycles. The van der Waals surface area contributed by atoms with Crippen molar-refractivity contribution >= 4 is 27.3 Å². The smallest absolute Gasteiger partial charge is 0.247 e. The first-order valence-corrected chi connectivity index (χ1v) is 9.49. The Kier molecular flexibility index (Phi) is 5.78. The van der Waals surface area contributed by atoms with Gasteiger partial charge in [0.15, 0.2) is 0 Å². The maximum Gasteiger partial charge on any atom is 0.247 e. The first-order chi connectivity index (χ1) is 11.8. The Morgan fingerprint density at radius 1 is 1.16 bits per heavy atom. The Morgan fingerprint density at radius 3 is 2.28 bits per heavy atom. The van der Waals surface area contributed by atoms with Crippen LogP contribution in [0, 0.1) is 11.3 Å². The highest BCUT2D eigenvalue weighted by Gasteiger charge is 2.28. The van der Waals surface area contributed by atoms with E-state index in [2.05, 4.69) is 11.4 Å². The average Bonchev–Trinajstić information content (AvgIpc) is 2.56. The van der Waals surface area contributed by atoms with Crippen molar-refractivity contribution in [3.8, 4) is 6.07 Å². The van der Waals surface area contributed by atoms with Gasteiger partial charge in [-0.25, -0.2) is 8.42 Å². The van der Waals surface area contributed by atoms with Crippen molar-refractivity contribution in [2.75, 3.05) is 15.9 Å². The number of hydrogen-bond acceptors (Lipinski definition) is 4. The summed E-state index contributed by atoms with van der Waals surface area (Å²) in [5.74, 6) is -0.442. The van der Waals surface area contributed by atoms with Gasteiger partial charge in [0.1, 0.15) is 6.04 Å². The molecule has 1 N–H and O–H groups in total. The largest absolute Gasteiger partial charge is 0.324 e. The molecule has 0 aliphatic rings. The number of anilines is 2. The number of nitrogens with one attached hydrogen (secondary N) is 1. The van der Waals surface area contributed by atoms with Crippen LogP contribution in [0.15, 0.2) is 54.6 Å². The molecular formula is C18H19N3O3S. The number of sulfonamides is 1. The van der Waals surface area contributed by atoms with Crippen molar-refractivity contribution in [2.24, 2.45) is 0 Å². The van der Waals surface area contributed by atoms with E-state index in [1.807, 2.05) is 0 Å². The third-order valence-electron chi connectivity index (χ3n) is 3.60. The number of carbonyl (C=O) groups excluding carboxylic acids is 1. The Morgan fingerprint density at radius 2 is 1.76 bits per heavy atom. The molecule has 0 radical (unpaired) electrons. The molecule has 7 heteroatoms. The number of nitriles is 1. The van der Waals surface area contributed by atoms with Crippen LogP contribution >= 0.6 is 0 Å². The molecule has 0 aliphatic carbocycles. The molecule has 2 aromatic rings. The topological polar surface area (TPSA) is 90.3 Å². The van der Waals surface area contributed by atoms with E-state index in [1.165, 1.54) is 6.92 Å². The first kappa shape index (κ1) is 18.5. The lowest BCUT2D eigenvalue weighted by Gasteiger charge is -2.28. The Hall–Kier alpha value is -2.85. The summed E-state index contributed by atoms with van der Waals surface area (Å²) in [6.45, 7) is 1.54. The molecule has 0 saturated heterocycles. The number of para-hydroxylation sites is 1. The summed E-state index contributed by atoms with van der Waals surface area (Å²) in [5.41, 5.74) is 1.81. The summed E-state index contributed by atoms with van der Waals surface area (Å²) in [6, 6.07) is 16.5. The van der Waals surface area contributed by atoms with Crippen LogP contribution in [-0.4, -0.2) is 26.6 Å². The summed E-state index contributed by atoms with van der Waals surface area (Å²) in [7, 11) is -3.63. The second-order valence-corrected chi connectivity index (χ2v) is 7.45. The quantitative estimate of drug-likeness (QED) is 0.860. The highest BCUT2D eigenvalue weighted by molar-refractivity contribution is 7.92. The lowest BCUT2D eigenvalue weighted by molar-refractivity contribution is -0.116. The number of nitrogens with zero attached hydrogens (tertiary/aromatic N) is 2. The van der Waals surface area contributed by atoms with Crippen molar-refractivity contribution < 1.29 is 13.2 Å². The summed E-state index contributed by atoms with van der Waals surface area (Å²) in [5, 5.41) is 11.4. The van der Waals surface area contributed by atoms with E-state index in [9.17, 15) is 13.2 Å². The van der Waals surface area contributed by atoms with Gasteiger partial charge < -0.3 is 5.32 Å². The van der Waals surface area contributed by atoms with Crippen LogP contribution in [0.5, 0.6) is 0 Å². The van der Waals surface area contributed by atoms with Gasteiger partial charge in [-0.2, -0.15) is 5.26 Å². The predicted octanol–water partition coefficient (Wildman–Crippen LogP) is 2.55. The molecule has 1 amide bonds. The Bertz CT molecular complexity index is 872. The minimum absolute atomic E-state index is 0.292. The van der Waals surface area contributed by atoms with Gasteiger partial charge in [-0.1, -0.05) is 30.3 Å². The maximum absolute atomic E-state index is 12.5. The summed E-state index contributed by atoms with van der Waals surface area (Å²) < 4.78 is 25.4. The number of hydrogen-bond donors (Lipinski definition) is 1. The van der Waals surface area contributed by atoms with Crippen LogP contribution in [0.1, 0.15) is 12.5 Å².